The van der Waals surface area contributed by atoms with Gasteiger partial charge in [-0.1, -0.05) is 5.16 Å². The summed E-state index contributed by atoms with van der Waals surface area (Å²) in [5.74, 6) is 1.15. The lowest BCUT2D eigenvalue weighted by Gasteiger charge is -2.04. The van der Waals surface area contributed by atoms with Gasteiger partial charge in [-0.25, -0.2) is 4.98 Å². The Bertz CT molecular complexity index is 730. The molecule has 20 heavy (non-hydrogen) atoms. The molecule has 3 aromatic rings. The molecule has 3 aromatic heterocycles. The summed E-state index contributed by atoms with van der Waals surface area (Å²) in [4.78, 5) is 8.90. The number of nitrogens with one attached hydrogen (secondary N) is 1. The molecule has 1 unspecified atom stereocenters. The van der Waals surface area contributed by atoms with Crippen molar-refractivity contribution in [2.24, 2.45) is 0 Å². The van der Waals surface area contributed by atoms with Crippen LogP contribution in [0, 0.1) is 6.92 Å². The first kappa shape index (κ1) is 12.8. The van der Waals surface area contributed by atoms with E-state index in [4.69, 9.17) is 4.52 Å². The predicted molar refractivity (Wildman–Crippen MR) is 75.4 cm³/mol. The number of aromatic nitrogens is 4. The summed E-state index contributed by atoms with van der Waals surface area (Å²) >= 11 is 0. The van der Waals surface area contributed by atoms with Crippen LogP contribution in [0.15, 0.2) is 29.0 Å². The molecule has 6 nitrogen and oxygen atoms in total. The smallest absolute Gasteiger partial charge is 0.278 e. The van der Waals surface area contributed by atoms with Crippen LogP contribution in [0.4, 0.5) is 0 Å². The minimum atomic E-state index is 0.309. The summed E-state index contributed by atoms with van der Waals surface area (Å²) in [6.07, 6.45) is 4.60. The normalized spacial score (nSPS) is 12.9. The number of aryl methyl sites for hydroxylation is 1. The minimum absolute atomic E-state index is 0.309. The molecule has 3 rings (SSSR count). The van der Waals surface area contributed by atoms with Crippen molar-refractivity contribution in [1.29, 1.82) is 0 Å². The molecule has 0 spiro atoms. The molecule has 0 saturated carbocycles. The zero-order chi connectivity index (χ0) is 14.1. The zero-order valence-electron chi connectivity index (χ0n) is 11.8. The number of hydrogen-bond acceptors (Lipinski definition) is 5. The SMILES string of the molecule is CNC(C)Cc1noc(-c2cn3ccc(C)cc3n2)n1. The first-order valence-electron chi connectivity index (χ1n) is 6.61. The van der Waals surface area contributed by atoms with Crippen LogP contribution in [0.5, 0.6) is 0 Å². The third-order valence-corrected chi connectivity index (χ3v) is 3.28. The van der Waals surface area contributed by atoms with E-state index >= 15 is 0 Å². The summed E-state index contributed by atoms with van der Waals surface area (Å²) in [5.41, 5.74) is 2.75. The fourth-order valence-electron chi connectivity index (χ4n) is 2.00. The fraction of sp³-hybridized carbons (Fsp3) is 0.357. The summed E-state index contributed by atoms with van der Waals surface area (Å²) in [7, 11) is 1.91. The summed E-state index contributed by atoms with van der Waals surface area (Å²) in [6, 6.07) is 4.36. The average molecular weight is 271 g/mol. The number of imidazole rings is 1. The summed E-state index contributed by atoms with van der Waals surface area (Å²) in [6.45, 7) is 4.11. The molecule has 0 saturated heterocycles. The average Bonchev–Trinajstić information content (AvgIpc) is 3.04. The minimum Gasteiger partial charge on any atom is -0.332 e. The van der Waals surface area contributed by atoms with Crippen molar-refractivity contribution < 1.29 is 4.52 Å². The largest absolute Gasteiger partial charge is 0.332 e. The molecule has 6 heteroatoms. The van der Waals surface area contributed by atoms with E-state index in [0.717, 1.165) is 12.1 Å². The molecule has 0 aliphatic rings. The van der Waals surface area contributed by atoms with Gasteiger partial charge in [-0.2, -0.15) is 4.98 Å². The van der Waals surface area contributed by atoms with Crippen molar-refractivity contribution in [3.8, 4) is 11.6 Å². The highest BCUT2D eigenvalue weighted by Gasteiger charge is 2.14. The maximum atomic E-state index is 5.29. The molecular weight excluding hydrogens is 254 g/mol. The van der Waals surface area contributed by atoms with E-state index in [-0.39, 0.29) is 0 Å². The maximum absolute atomic E-state index is 5.29. The Balaban J connectivity index is 1.91. The third-order valence-electron chi connectivity index (χ3n) is 3.28. The highest BCUT2D eigenvalue weighted by Crippen LogP contribution is 2.18. The van der Waals surface area contributed by atoms with Crippen LogP contribution in [0.2, 0.25) is 0 Å². The highest BCUT2D eigenvalue weighted by atomic mass is 16.5. The molecule has 0 radical (unpaired) electrons. The molecule has 3 heterocycles. The van der Waals surface area contributed by atoms with Gasteiger partial charge in [0.1, 0.15) is 11.3 Å². The van der Waals surface area contributed by atoms with E-state index in [1.807, 2.05) is 42.9 Å². The van der Waals surface area contributed by atoms with Crippen molar-refractivity contribution in [2.45, 2.75) is 26.3 Å². The number of nitrogens with zero attached hydrogens (tertiary/aromatic N) is 4. The van der Waals surface area contributed by atoms with E-state index in [2.05, 4.69) is 27.4 Å². The number of likely N-dealkylation sites (N-methyl/N-ethyl adjacent to an activating group) is 1. The predicted octanol–water partition coefficient (Wildman–Crippen LogP) is 1.84. The van der Waals surface area contributed by atoms with Gasteiger partial charge in [0.05, 0.1) is 0 Å². The quantitative estimate of drug-likeness (QED) is 0.784. The molecule has 0 amide bonds. The third kappa shape index (κ3) is 2.42. The monoisotopic (exact) mass is 271 g/mol. The van der Waals surface area contributed by atoms with Crippen LogP contribution in [0.3, 0.4) is 0 Å². The number of fused-ring (bicyclic) bond motifs is 1. The van der Waals surface area contributed by atoms with Crippen molar-refractivity contribution >= 4 is 5.65 Å². The van der Waals surface area contributed by atoms with Gasteiger partial charge in [0.15, 0.2) is 5.82 Å². The topological polar surface area (TPSA) is 68.2 Å². The van der Waals surface area contributed by atoms with Crippen molar-refractivity contribution in [2.75, 3.05) is 7.05 Å². The van der Waals surface area contributed by atoms with Crippen LogP contribution in [0.1, 0.15) is 18.3 Å². The van der Waals surface area contributed by atoms with Gasteiger partial charge in [0, 0.05) is 24.9 Å². The molecular formula is C14H17N5O. The van der Waals surface area contributed by atoms with E-state index in [0.29, 0.717) is 23.5 Å². The first-order chi connectivity index (χ1) is 9.65. The van der Waals surface area contributed by atoms with Crippen LogP contribution < -0.4 is 5.32 Å². The Morgan fingerprint density at radius 2 is 2.25 bits per heavy atom. The van der Waals surface area contributed by atoms with Gasteiger partial charge in [-0.15, -0.1) is 0 Å². The van der Waals surface area contributed by atoms with E-state index < -0.39 is 0 Å². The van der Waals surface area contributed by atoms with E-state index in [9.17, 15) is 0 Å². The molecule has 0 bridgehead atoms. The Morgan fingerprint density at radius 3 is 3.05 bits per heavy atom. The summed E-state index contributed by atoms with van der Waals surface area (Å²) in [5, 5.41) is 7.14. The van der Waals surface area contributed by atoms with Gasteiger partial charge >= 0.3 is 0 Å². The molecule has 0 fully saturated rings. The van der Waals surface area contributed by atoms with Gasteiger partial charge in [0.2, 0.25) is 0 Å². The standard InChI is InChI=1S/C14H17N5O/c1-9-4-5-19-8-11(16-13(19)6-9)14-17-12(18-20-14)7-10(2)15-3/h4-6,8,10,15H,7H2,1-3H3. The van der Waals surface area contributed by atoms with Gasteiger partial charge in [0.25, 0.3) is 5.89 Å². The summed E-state index contributed by atoms with van der Waals surface area (Å²) < 4.78 is 7.24. The van der Waals surface area contributed by atoms with Crippen molar-refractivity contribution in [3.05, 3.63) is 35.9 Å². The molecule has 0 aromatic carbocycles. The second-order valence-corrected chi connectivity index (χ2v) is 5.01. The van der Waals surface area contributed by atoms with E-state index in [1.54, 1.807) is 0 Å². The highest BCUT2D eigenvalue weighted by molar-refractivity contribution is 5.54. The zero-order valence-corrected chi connectivity index (χ0v) is 11.8. The molecule has 0 aliphatic heterocycles. The van der Waals surface area contributed by atoms with Crippen molar-refractivity contribution in [3.63, 3.8) is 0 Å². The Hall–Kier alpha value is -2.21. The van der Waals surface area contributed by atoms with Crippen molar-refractivity contribution in [1.82, 2.24) is 24.8 Å². The van der Waals surface area contributed by atoms with Gasteiger partial charge in [-0.05, 0) is 38.6 Å². The Morgan fingerprint density at radius 1 is 1.40 bits per heavy atom. The molecule has 1 N–H and O–H groups in total. The van der Waals surface area contributed by atoms with Crippen LogP contribution in [-0.4, -0.2) is 32.6 Å². The number of rotatable bonds is 4. The van der Waals surface area contributed by atoms with Crippen LogP contribution in [0.25, 0.3) is 17.2 Å². The van der Waals surface area contributed by atoms with Crippen LogP contribution >= 0.6 is 0 Å². The number of pyridine rings is 1. The molecule has 1 atom stereocenters. The lowest BCUT2D eigenvalue weighted by atomic mass is 10.2. The van der Waals surface area contributed by atoms with Crippen LogP contribution in [-0.2, 0) is 6.42 Å². The molecule has 0 aliphatic carbocycles. The number of hydrogen-bond donors (Lipinski definition) is 1. The Kier molecular flexibility index (Phi) is 3.23. The van der Waals surface area contributed by atoms with E-state index in [1.165, 1.54) is 5.56 Å². The lowest BCUT2D eigenvalue weighted by Crippen LogP contribution is -2.24. The molecule has 104 valence electrons. The lowest BCUT2D eigenvalue weighted by molar-refractivity contribution is 0.417. The Labute approximate surface area is 116 Å². The fourth-order valence-corrected chi connectivity index (χ4v) is 2.00. The second kappa shape index (κ2) is 5.05. The second-order valence-electron chi connectivity index (χ2n) is 5.01. The maximum Gasteiger partial charge on any atom is 0.278 e. The van der Waals surface area contributed by atoms with Gasteiger partial charge < -0.3 is 14.2 Å². The first-order valence-corrected chi connectivity index (χ1v) is 6.61. The van der Waals surface area contributed by atoms with Gasteiger partial charge in [-0.3, -0.25) is 0 Å².